The standard InChI is InChI=1S/C50H33NO/c1-2-14-35(15-3-1)41-20-8-10-26-47(41)51(38-31-28-37(29-32-38)40-23-12-18-34-16-4-6-19-39(34)40)48-27-11-9-22-43(48)44-24-13-25-45-46-33-30-36-17-5-7-21-42(36)49(46)52-50(44)45/h1-33H/i4D,6D,12D,16D,18D,19D,23D,28D,29D,31D,32D. The smallest absolute Gasteiger partial charge is 0.143 e. The monoisotopic (exact) mass is 674 g/mol. The van der Waals surface area contributed by atoms with Crippen LogP contribution in [0.2, 0.25) is 0 Å². The van der Waals surface area contributed by atoms with E-state index >= 15 is 0 Å². The highest BCUT2D eigenvalue weighted by atomic mass is 16.3. The van der Waals surface area contributed by atoms with Crippen molar-refractivity contribution in [3.05, 3.63) is 200 Å². The summed E-state index contributed by atoms with van der Waals surface area (Å²) in [6.45, 7) is 0. The lowest BCUT2D eigenvalue weighted by molar-refractivity contribution is 0.674. The summed E-state index contributed by atoms with van der Waals surface area (Å²) in [7, 11) is 0. The van der Waals surface area contributed by atoms with Crippen LogP contribution < -0.4 is 4.90 Å². The lowest BCUT2D eigenvalue weighted by Gasteiger charge is -2.30. The van der Waals surface area contributed by atoms with Crippen LogP contribution in [-0.4, -0.2) is 0 Å². The van der Waals surface area contributed by atoms with Gasteiger partial charge in [0.2, 0.25) is 0 Å². The normalized spacial score (nSPS) is 14.4. The molecule has 0 bridgehead atoms. The molecule has 10 rings (SSSR count). The van der Waals surface area contributed by atoms with E-state index in [1.54, 1.807) is 4.90 Å². The van der Waals surface area contributed by atoms with E-state index in [1.165, 1.54) is 0 Å². The highest BCUT2D eigenvalue weighted by Crippen LogP contribution is 2.47. The zero-order valence-corrected chi connectivity index (χ0v) is 27.6. The highest BCUT2D eigenvalue weighted by Gasteiger charge is 2.23. The maximum Gasteiger partial charge on any atom is 0.143 e. The van der Waals surface area contributed by atoms with Gasteiger partial charge in [0.1, 0.15) is 11.2 Å². The van der Waals surface area contributed by atoms with E-state index in [0.717, 1.165) is 43.8 Å². The van der Waals surface area contributed by atoms with Gasteiger partial charge in [-0.2, -0.15) is 0 Å². The van der Waals surface area contributed by atoms with Crippen LogP contribution in [0.5, 0.6) is 0 Å². The van der Waals surface area contributed by atoms with Gasteiger partial charge in [-0.1, -0.05) is 170 Å². The molecule has 0 radical (unpaired) electrons. The quantitative estimate of drug-likeness (QED) is 0.175. The predicted molar refractivity (Wildman–Crippen MR) is 220 cm³/mol. The van der Waals surface area contributed by atoms with E-state index in [4.69, 9.17) is 14.0 Å². The first-order valence-corrected chi connectivity index (χ1v) is 16.9. The Kier molecular flexibility index (Phi) is 4.96. The Bertz CT molecular complexity index is 3510. The molecule has 0 fully saturated rings. The molecule has 0 unspecified atom stereocenters. The maximum absolute atomic E-state index is 9.78. The van der Waals surface area contributed by atoms with Crippen molar-refractivity contribution >= 4 is 60.5 Å². The Morgan fingerprint density at radius 1 is 0.365 bits per heavy atom. The Morgan fingerprint density at radius 3 is 1.88 bits per heavy atom. The van der Waals surface area contributed by atoms with Crippen LogP contribution in [0.25, 0.3) is 76.9 Å². The molecule has 1 heterocycles. The Morgan fingerprint density at radius 2 is 1.02 bits per heavy atom. The molecule has 9 aromatic carbocycles. The van der Waals surface area contributed by atoms with Gasteiger partial charge in [-0.25, -0.2) is 0 Å². The molecule has 0 aliphatic rings. The zero-order chi connectivity index (χ0) is 44.0. The van der Waals surface area contributed by atoms with Gasteiger partial charge in [0.25, 0.3) is 0 Å². The van der Waals surface area contributed by atoms with Crippen molar-refractivity contribution in [3.63, 3.8) is 0 Å². The summed E-state index contributed by atoms with van der Waals surface area (Å²) >= 11 is 0. The molecular weight excluding hydrogens is 631 g/mol. The Hall–Kier alpha value is -6.90. The van der Waals surface area contributed by atoms with E-state index in [0.29, 0.717) is 22.5 Å². The first-order valence-electron chi connectivity index (χ1n) is 22.4. The molecule has 244 valence electrons. The second-order valence-corrected chi connectivity index (χ2v) is 12.4. The SMILES string of the molecule is [2H]c1c([2H])c(N(c2ccccc2-c2ccccc2)c2ccccc2-c2cccc3c2oc2c4ccccc4ccc32)c([2H])c([2H])c1-c1c([2H])c([2H])c([2H])c2c([2H])c([2H])c([2H])c([2H])c12. The van der Waals surface area contributed by atoms with E-state index in [2.05, 4.69) is 6.07 Å². The average molecular weight is 675 g/mol. The Labute approximate surface area is 317 Å². The predicted octanol–water partition coefficient (Wildman–Crippen LogP) is 14.4. The summed E-state index contributed by atoms with van der Waals surface area (Å²) in [6.07, 6.45) is 0. The minimum absolute atomic E-state index is 0.131. The third kappa shape index (κ3) is 4.96. The summed E-state index contributed by atoms with van der Waals surface area (Å²) < 4.78 is 106. The number of furan rings is 1. The summed E-state index contributed by atoms with van der Waals surface area (Å²) in [4.78, 5) is 1.70. The minimum Gasteiger partial charge on any atom is -0.455 e. The fourth-order valence-corrected chi connectivity index (χ4v) is 7.08. The minimum atomic E-state index is -0.677. The van der Waals surface area contributed by atoms with Gasteiger partial charge in [-0.15, -0.1) is 0 Å². The van der Waals surface area contributed by atoms with Gasteiger partial charge in [0.05, 0.1) is 26.5 Å². The first kappa shape index (κ1) is 20.7. The van der Waals surface area contributed by atoms with Crippen molar-refractivity contribution in [2.75, 3.05) is 4.90 Å². The average Bonchev–Trinajstić information content (AvgIpc) is 3.71. The third-order valence-electron chi connectivity index (χ3n) is 9.45. The molecular formula is C50H33NO. The first-order chi connectivity index (χ1) is 30.4. The fraction of sp³-hybridized carbons (Fsp3) is 0. The third-order valence-corrected chi connectivity index (χ3v) is 9.45. The molecule has 1 aromatic heterocycles. The van der Waals surface area contributed by atoms with Gasteiger partial charge in [-0.05, 0) is 63.1 Å². The molecule has 0 saturated heterocycles. The van der Waals surface area contributed by atoms with Gasteiger partial charge < -0.3 is 9.32 Å². The Balaban J connectivity index is 1.30. The molecule has 0 spiro atoms. The maximum atomic E-state index is 9.78. The molecule has 2 heteroatoms. The number of para-hydroxylation sites is 3. The van der Waals surface area contributed by atoms with Crippen molar-refractivity contribution < 1.29 is 19.5 Å². The van der Waals surface area contributed by atoms with Gasteiger partial charge in [-0.3, -0.25) is 0 Å². The van der Waals surface area contributed by atoms with E-state index in [9.17, 15) is 5.48 Å². The molecule has 0 saturated carbocycles. The molecule has 0 N–H and O–H groups in total. The molecule has 2 nitrogen and oxygen atoms in total. The topological polar surface area (TPSA) is 16.4 Å². The van der Waals surface area contributed by atoms with Crippen molar-refractivity contribution in [3.8, 4) is 33.4 Å². The van der Waals surface area contributed by atoms with Gasteiger partial charge in [0.15, 0.2) is 0 Å². The van der Waals surface area contributed by atoms with E-state index in [1.807, 2.05) is 127 Å². The van der Waals surface area contributed by atoms with Crippen LogP contribution in [-0.2, 0) is 0 Å². The van der Waals surface area contributed by atoms with Crippen LogP contribution in [0.4, 0.5) is 17.1 Å². The highest BCUT2D eigenvalue weighted by molar-refractivity contribution is 6.17. The number of anilines is 3. The molecule has 52 heavy (non-hydrogen) atoms. The molecule has 0 amide bonds. The van der Waals surface area contributed by atoms with Crippen molar-refractivity contribution in [1.82, 2.24) is 0 Å². The summed E-state index contributed by atoms with van der Waals surface area (Å²) in [6, 6.07) is 35.9. The van der Waals surface area contributed by atoms with Crippen molar-refractivity contribution in [1.29, 1.82) is 0 Å². The lowest BCUT2D eigenvalue weighted by Crippen LogP contribution is -2.12. The molecule has 0 atom stereocenters. The second-order valence-electron chi connectivity index (χ2n) is 12.4. The number of hydrogen-bond acceptors (Lipinski definition) is 2. The largest absolute Gasteiger partial charge is 0.455 e. The number of benzene rings is 9. The second kappa shape index (κ2) is 12.5. The number of nitrogens with zero attached hydrogens (tertiary/aromatic N) is 1. The molecule has 10 aromatic rings. The number of rotatable bonds is 6. The molecule has 0 aliphatic carbocycles. The van der Waals surface area contributed by atoms with Crippen LogP contribution in [0, 0.1) is 0 Å². The molecule has 0 aliphatic heterocycles. The van der Waals surface area contributed by atoms with Gasteiger partial charge in [0, 0.05) is 38.5 Å². The number of fused-ring (bicyclic) bond motifs is 6. The summed E-state index contributed by atoms with van der Waals surface area (Å²) in [5, 5.41) is 3.13. The van der Waals surface area contributed by atoms with Crippen LogP contribution in [0.3, 0.4) is 0 Å². The number of hydrogen-bond donors (Lipinski definition) is 0. The van der Waals surface area contributed by atoms with Crippen LogP contribution in [0.15, 0.2) is 204 Å². The fourth-order valence-electron chi connectivity index (χ4n) is 7.08. The van der Waals surface area contributed by atoms with Crippen LogP contribution in [0.1, 0.15) is 15.1 Å². The van der Waals surface area contributed by atoms with E-state index in [-0.39, 0.29) is 22.0 Å². The van der Waals surface area contributed by atoms with E-state index < -0.39 is 72.0 Å². The van der Waals surface area contributed by atoms with Crippen molar-refractivity contribution in [2.24, 2.45) is 0 Å². The van der Waals surface area contributed by atoms with Gasteiger partial charge >= 0.3 is 0 Å². The lowest BCUT2D eigenvalue weighted by atomic mass is 9.96. The summed E-state index contributed by atoms with van der Waals surface area (Å²) in [5.74, 6) is 0. The van der Waals surface area contributed by atoms with Crippen LogP contribution >= 0.6 is 0 Å². The van der Waals surface area contributed by atoms with Crippen molar-refractivity contribution in [2.45, 2.75) is 0 Å². The zero-order valence-electron chi connectivity index (χ0n) is 38.6. The summed E-state index contributed by atoms with van der Waals surface area (Å²) in [5.41, 5.74) is 4.36.